The summed E-state index contributed by atoms with van der Waals surface area (Å²) in [6, 6.07) is 0. The van der Waals surface area contributed by atoms with Crippen molar-refractivity contribution in [2.24, 2.45) is 0 Å². The summed E-state index contributed by atoms with van der Waals surface area (Å²) in [5, 5.41) is 10.6. The summed E-state index contributed by atoms with van der Waals surface area (Å²) in [7, 11) is -9.98. The molecule has 0 spiro atoms. The quantitative estimate of drug-likeness (QED) is 0.0169. The number of rotatable bonds is 68. The van der Waals surface area contributed by atoms with Gasteiger partial charge in [0.05, 0.1) is 26.4 Å². The number of aliphatic hydroxyl groups excluding tert-OH is 1. The van der Waals surface area contributed by atoms with E-state index in [1.165, 1.54) is 25.7 Å². The standard InChI is InChI=1S/C79H130O17P2/c1-5-9-13-17-21-25-29-31-33-35-36-38-40-42-46-48-52-56-60-64-77(82)90-70-75(96-79(84)66-62-58-54-50-44-28-24-20-16-12-8-4)72-94-98(87,88)92-68-73(80)67-91-97(85,86)93-71-74(95-78(83)65-61-57-53-49-43-27-23-19-15-11-7-3)69-89-76(81)63-59-55-51-47-45-41-39-37-34-32-30-26-22-18-14-10-6-2/h9-10,13-14,19-26,31-34,36,38-39,41-42,46,52,56,73-75,80H,5-8,11-12,15-18,27-30,35,37,40,43-45,47-51,53-55,57-72H2,1-4H3,(H,85,86)(H,87,88)/b13-9-,14-10-,23-19-,24-20-,25-21-,26-22-,33-31-,34-32-,38-36-,41-39-,46-42-,56-52-. The van der Waals surface area contributed by atoms with E-state index in [0.717, 1.165) is 161 Å². The summed E-state index contributed by atoms with van der Waals surface area (Å²) < 4.78 is 68.2. The highest BCUT2D eigenvalue weighted by Crippen LogP contribution is 2.45. The summed E-state index contributed by atoms with van der Waals surface area (Å²) in [4.78, 5) is 72.7. The predicted molar refractivity (Wildman–Crippen MR) is 399 cm³/mol. The van der Waals surface area contributed by atoms with Gasteiger partial charge in [0.2, 0.25) is 0 Å². The van der Waals surface area contributed by atoms with Crippen LogP contribution in [0, 0.1) is 0 Å². The highest BCUT2D eigenvalue weighted by molar-refractivity contribution is 7.47. The second-order valence-electron chi connectivity index (χ2n) is 24.1. The highest BCUT2D eigenvalue weighted by Gasteiger charge is 2.30. The molecule has 98 heavy (non-hydrogen) atoms. The maximum absolute atomic E-state index is 13.0. The third-order valence-corrected chi connectivity index (χ3v) is 16.7. The smallest absolute Gasteiger partial charge is 0.462 e. The second kappa shape index (κ2) is 70.4. The van der Waals surface area contributed by atoms with Crippen LogP contribution >= 0.6 is 15.6 Å². The molecule has 19 heteroatoms. The maximum Gasteiger partial charge on any atom is 0.472 e. The minimum atomic E-state index is -4.99. The van der Waals surface area contributed by atoms with Crippen LogP contribution in [-0.2, 0) is 65.4 Å². The average Bonchev–Trinajstić information content (AvgIpc) is 1.03. The van der Waals surface area contributed by atoms with Crippen molar-refractivity contribution < 1.29 is 80.2 Å². The lowest BCUT2D eigenvalue weighted by Gasteiger charge is -2.21. The van der Waals surface area contributed by atoms with E-state index in [-0.39, 0.29) is 25.7 Å². The molecular weight excluding hydrogens is 1280 g/mol. The van der Waals surface area contributed by atoms with Crippen molar-refractivity contribution in [2.45, 2.75) is 290 Å². The van der Waals surface area contributed by atoms with Crippen LogP contribution in [0.3, 0.4) is 0 Å². The summed E-state index contributed by atoms with van der Waals surface area (Å²) in [5.74, 6) is -2.33. The fourth-order valence-electron chi connectivity index (χ4n) is 9.14. The van der Waals surface area contributed by atoms with Crippen LogP contribution in [0.1, 0.15) is 272 Å². The molecule has 558 valence electrons. The van der Waals surface area contributed by atoms with Gasteiger partial charge in [0.15, 0.2) is 12.2 Å². The number of carbonyl (C=O) groups excluding carboxylic acids is 4. The predicted octanol–water partition coefficient (Wildman–Crippen LogP) is 21.1. The number of hydrogen-bond donors (Lipinski definition) is 3. The number of allylic oxidation sites excluding steroid dienone is 24. The molecule has 0 radical (unpaired) electrons. The Labute approximate surface area is 592 Å². The lowest BCUT2D eigenvalue weighted by molar-refractivity contribution is -0.161. The highest BCUT2D eigenvalue weighted by atomic mass is 31.2. The molecule has 0 saturated heterocycles. The first-order valence-electron chi connectivity index (χ1n) is 37.1. The third kappa shape index (κ3) is 69.4. The molecule has 0 aromatic rings. The molecule has 0 aliphatic rings. The average molecular weight is 1410 g/mol. The number of ether oxygens (including phenoxy) is 4. The van der Waals surface area contributed by atoms with Crippen LogP contribution in [0.25, 0.3) is 0 Å². The minimum absolute atomic E-state index is 0.0306. The van der Waals surface area contributed by atoms with Gasteiger partial charge in [-0.1, -0.05) is 251 Å². The van der Waals surface area contributed by atoms with Crippen molar-refractivity contribution in [1.82, 2.24) is 0 Å². The molecule has 5 atom stereocenters. The van der Waals surface area contributed by atoms with Crippen molar-refractivity contribution in [2.75, 3.05) is 39.6 Å². The Balaban J connectivity index is 5.38. The first-order chi connectivity index (χ1) is 47.7. The van der Waals surface area contributed by atoms with Gasteiger partial charge in [-0.15, -0.1) is 0 Å². The largest absolute Gasteiger partial charge is 0.472 e. The molecule has 0 rings (SSSR count). The molecule has 0 heterocycles. The number of carbonyl (C=O) groups is 4. The summed E-state index contributed by atoms with van der Waals surface area (Å²) >= 11 is 0. The Morgan fingerprint density at radius 1 is 0.296 bits per heavy atom. The summed E-state index contributed by atoms with van der Waals surface area (Å²) in [6.45, 7) is 4.40. The molecule has 0 aliphatic carbocycles. The molecule has 0 fully saturated rings. The van der Waals surface area contributed by atoms with E-state index in [9.17, 15) is 43.2 Å². The molecule has 0 aliphatic heterocycles. The van der Waals surface area contributed by atoms with Gasteiger partial charge < -0.3 is 33.8 Å². The summed E-state index contributed by atoms with van der Waals surface area (Å²) in [6.07, 6.45) is 78.7. The van der Waals surface area contributed by atoms with E-state index in [1.54, 1.807) is 0 Å². The van der Waals surface area contributed by atoms with Crippen molar-refractivity contribution in [3.63, 3.8) is 0 Å². The van der Waals surface area contributed by atoms with Gasteiger partial charge in [0, 0.05) is 25.7 Å². The van der Waals surface area contributed by atoms with Gasteiger partial charge >= 0.3 is 39.5 Å². The van der Waals surface area contributed by atoms with Gasteiger partial charge in [0.25, 0.3) is 0 Å². The van der Waals surface area contributed by atoms with Gasteiger partial charge in [0.1, 0.15) is 19.3 Å². The Kier molecular flexibility index (Phi) is 66.7. The molecule has 3 N–H and O–H groups in total. The molecule has 0 aromatic heterocycles. The topological polar surface area (TPSA) is 237 Å². The maximum atomic E-state index is 13.0. The van der Waals surface area contributed by atoms with Crippen molar-refractivity contribution >= 4 is 39.5 Å². The van der Waals surface area contributed by atoms with Gasteiger partial charge in [-0.3, -0.25) is 37.3 Å². The number of aliphatic hydroxyl groups is 1. The SMILES string of the molecule is CC/C=C\C/C=C\C/C=C\C/C=C\C/C=C\C/C=C\CCC(=O)OCC(COP(=O)(O)OCC(O)COP(=O)(O)OCC(COC(=O)CCCCCC/C=C\C/C=C\C/C=C\C/C=C\CC)OC(=O)CCCCCCC/C=C\CCCC)OC(=O)CCCCCCC/C=C\CCCC. The number of phosphoric ester groups is 2. The van der Waals surface area contributed by atoms with E-state index < -0.39 is 97.5 Å². The van der Waals surface area contributed by atoms with Crippen LogP contribution in [0.2, 0.25) is 0 Å². The Bertz CT molecular complexity index is 2430. The van der Waals surface area contributed by atoms with Crippen LogP contribution in [0.5, 0.6) is 0 Å². The van der Waals surface area contributed by atoms with Crippen LogP contribution in [0.15, 0.2) is 146 Å². The first-order valence-corrected chi connectivity index (χ1v) is 40.1. The Hall–Kier alpha value is -5.06. The van der Waals surface area contributed by atoms with Gasteiger partial charge in [-0.05, 0) is 141 Å². The minimum Gasteiger partial charge on any atom is -0.462 e. The monoisotopic (exact) mass is 1410 g/mol. The van der Waals surface area contributed by atoms with E-state index in [0.29, 0.717) is 32.1 Å². The van der Waals surface area contributed by atoms with E-state index in [2.05, 4.69) is 155 Å². The van der Waals surface area contributed by atoms with Crippen LogP contribution in [-0.4, -0.2) is 96.7 Å². The van der Waals surface area contributed by atoms with Crippen LogP contribution in [0.4, 0.5) is 0 Å². The zero-order chi connectivity index (χ0) is 71.8. The normalized spacial score (nSPS) is 14.8. The summed E-state index contributed by atoms with van der Waals surface area (Å²) in [5.41, 5.74) is 0. The Morgan fingerprint density at radius 3 is 0.888 bits per heavy atom. The molecular formula is C79H130O17P2. The number of phosphoric acid groups is 2. The molecule has 0 aromatic carbocycles. The fraction of sp³-hybridized carbons (Fsp3) is 0.646. The van der Waals surface area contributed by atoms with E-state index in [4.69, 9.17) is 37.0 Å². The van der Waals surface area contributed by atoms with E-state index >= 15 is 0 Å². The number of esters is 4. The molecule has 0 amide bonds. The Morgan fingerprint density at radius 2 is 0.551 bits per heavy atom. The van der Waals surface area contributed by atoms with Crippen LogP contribution < -0.4 is 0 Å². The first kappa shape index (κ1) is 92.9. The zero-order valence-corrected chi connectivity index (χ0v) is 62.4. The zero-order valence-electron chi connectivity index (χ0n) is 60.7. The van der Waals surface area contributed by atoms with Crippen molar-refractivity contribution in [1.29, 1.82) is 0 Å². The number of hydrogen-bond acceptors (Lipinski definition) is 15. The fourth-order valence-corrected chi connectivity index (χ4v) is 10.7. The van der Waals surface area contributed by atoms with Crippen molar-refractivity contribution in [3.05, 3.63) is 146 Å². The van der Waals surface area contributed by atoms with Crippen molar-refractivity contribution in [3.8, 4) is 0 Å². The lowest BCUT2D eigenvalue weighted by Crippen LogP contribution is -2.30. The molecule has 0 saturated carbocycles. The number of unbranched alkanes of at least 4 members (excludes halogenated alkanes) is 18. The van der Waals surface area contributed by atoms with E-state index in [1.807, 2.05) is 18.2 Å². The molecule has 0 bridgehead atoms. The molecule has 5 unspecified atom stereocenters. The van der Waals surface area contributed by atoms with Gasteiger partial charge in [-0.2, -0.15) is 0 Å². The molecule has 17 nitrogen and oxygen atoms in total. The lowest BCUT2D eigenvalue weighted by atomic mass is 10.1. The second-order valence-corrected chi connectivity index (χ2v) is 27.0. The third-order valence-electron chi connectivity index (χ3n) is 14.8. The van der Waals surface area contributed by atoms with Gasteiger partial charge in [-0.25, -0.2) is 9.13 Å².